The van der Waals surface area contributed by atoms with Gasteiger partial charge in [-0.15, -0.1) is 0 Å². The van der Waals surface area contributed by atoms with Gasteiger partial charge in [0.15, 0.2) is 0 Å². The van der Waals surface area contributed by atoms with Crippen molar-refractivity contribution in [2.75, 3.05) is 32.6 Å². The first-order chi connectivity index (χ1) is 9.90. The van der Waals surface area contributed by atoms with Crippen molar-refractivity contribution in [3.05, 3.63) is 21.0 Å². The molecule has 0 aliphatic heterocycles. The molecule has 0 bridgehead atoms. The van der Waals surface area contributed by atoms with Gasteiger partial charge in [-0.05, 0) is 22.9 Å². The summed E-state index contributed by atoms with van der Waals surface area (Å²) >= 11 is 3.13. The van der Waals surface area contributed by atoms with E-state index in [-0.39, 0.29) is 23.5 Å². The average molecular weight is 361 g/mol. The van der Waals surface area contributed by atoms with Crippen LogP contribution in [0.4, 0.5) is 5.69 Å². The number of halogens is 1. The van der Waals surface area contributed by atoms with Crippen molar-refractivity contribution in [1.82, 2.24) is 14.7 Å². The number of ether oxygens (including phenoxy) is 1. The van der Waals surface area contributed by atoms with E-state index in [1.165, 1.54) is 13.3 Å². The number of methoxy groups -OCH3 is 1. The van der Waals surface area contributed by atoms with E-state index in [2.05, 4.69) is 31.1 Å². The minimum absolute atomic E-state index is 0.0467. The molecular formula is C12H17BrN4O4. The van der Waals surface area contributed by atoms with Crippen LogP contribution in [0.1, 0.15) is 6.92 Å². The quantitative estimate of drug-likeness (QED) is 0.721. The van der Waals surface area contributed by atoms with E-state index in [4.69, 9.17) is 0 Å². The Hall–Kier alpha value is -1.90. The second-order valence-corrected chi connectivity index (χ2v) is 4.97. The second-order valence-electron chi connectivity index (χ2n) is 4.17. The van der Waals surface area contributed by atoms with Gasteiger partial charge in [0.25, 0.3) is 5.56 Å². The molecule has 1 N–H and O–H groups in total. The van der Waals surface area contributed by atoms with Crippen molar-refractivity contribution < 1.29 is 14.3 Å². The van der Waals surface area contributed by atoms with Crippen LogP contribution in [0.2, 0.25) is 0 Å². The van der Waals surface area contributed by atoms with Crippen molar-refractivity contribution >= 4 is 33.5 Å². The first-order valence-corrected chi connectivity index (χ1v) is 7.00. The predicted octanol–water partition coefficient (Wildman–Crippen LogP) is 0.0690. The highest BCUT2D eigenvalue weighted by Gasteiger charge is 2.13. The first kappa shape index (κ1) is 17.2. The fourth-order valence-corrected chi connectivity index (χ4v) is 1.82. The number of esters is 1. The molecule has 9 heteroatoms. The van der Waals surface area contributed by atoms with E-state index in [1.807, 2.05) is 6.92 Å². The summed E-state index contributed by atoms with van der Waals surface area (Å²) in [6.45, 7) is 2.24. The maximum Gasteiger partial charge on any atom is 0.327 e. The summed E-state index contributed by atoms with van der Waals surface area (Å²) in [5, 5.41) is 6.69. The topological polar surface area (TPSA) is 93.5 Å². The number of likely N-dealkylation sites (N-methyl/N-ethyl adjacent to an activating group) is 1. The molecule has 0 saturated heterocycles. The predicted molar refractivity (Wildman–Crippen MR) is 80.0 cm³/mol. The highest BCUT2D eigenvalue weighted by molar-refractivity contribution is 9.10. The SMILES string of the molecule is CCN(C)C(=O)CNc1cnn(CC(=O)OC)c(=O)c1Br. The molecule has 0 fully saturated rings. The number of hydrogen-bond acceptors (Lipinski definition) is 6. The summed E-state index contributed by atoms with van der Waals surface area (Å²) in [5.74, 6) is -0.680. The lowest BCUT2D eigenvalue weighted by Crippen LogP contribution is -2.33. The van der Waals surface area contributed by atoms with Gasteiger partial charge in [0.05, 0.1) is 25.5 Å². The lowest BCUT2D eigenvalue weighted by atomic mass is 10.4. The Morgan fingerprint density at radius 3 is 2.76 bits per heavy atom. The Bertz CT molecular complexity index is 587. The Morgan fingerprint density at radius 1 is 1.52 bits per heavy atom. The van der Waals surface area contributed by atoms with Crippen LogP contribution in [-0.4, -0.2) is 53.8 Å². The molecule has 0 aliphatic rings. The molecule has 1 aromatic heterocycles. The molecule has 0 saturated carbocycles. The van der Waals surface area contributed by atoms with Crippen molar-refractivity contribution in [3.63, 3.8) is 0 Å². The lowest BCUT2D eigenvalue weighted by Gasteiger charge is -2.15. The zero-order valence-electron chi connectivity index (χ0n) is 12.1. The van der Waals surface area contributed by atoms with Crippen molar-refractivity contribution in [1.29, 1.82) is 0 Å². The Labute approximate surface area is 130 Å². The summed E-state index contributed by atoms with van der Waals surface area (Å²) < 4.78 is 5.65. The van der Waals surface area contributed by atoms with Gasteiger partial charge < -0.3 is 15.0 Å². The molecule has 1 heterocycles. The molecular weight excluding hydrogens is 344 g/mol. The van der Waals surface area contributed by atoms with Crippen LogP contribution in [0, 0.1) is 0 Å². The number of carbonyl (C=O) groups is 2. The third-order valence-electron chi connectivity index (χ3n) is 2.82. The Balaban J connectivity index is 2.83. The maximum absolute atomic E-state index is 12.0. The molecule has 1 amide bonds. The normalized spacial score (nSPS) is 10.1. The van der Waals surface area contributed by atoms with Crippen LogP contribution in [0.5, 0.6) is 0 Å². The molecule has 1 aromatic rings. The van der Waals surface area contributed by atoms with E-state index in [0.29, 0.717) is 12.2 Å². The van der Waals surface area contributed by atoms with Crippen LogP contribution in [-0.2, 0) is 20.9 Å². The monoisotopic (exact) mass is 360 g/mol. The van der Waals surface area contributed by atoms with Gasteiger partial charge in [0.2, 0.25) is 5.91 Å². The average Bonchev–Trinajstić information content (AvgIpc) is 2.49. The third kappa shape index (κ3) is 4.55. The molecule has 116 valence electrons. The van der Waals surface area contributed by atoms with Gasteiger partial charge in [0.1, 0.15) is 11.0 Å². The molecule has 0 radical (unpaired) electrons. The molecule has 1 rings (SSSR count). The Morgan fingerprint density at radius 2 is 2.19 bits per heavy atom. The Kier molecular flexibility index (Phi) is 6.35. The largest absolute Gasteiger partial charge is 0.468 e. The molecule has 0 spiro atoms. The zero-order chi connectivity index (χ0) is 16.0. The van der Waals surface area contributed by atoms with Crippen LogP contribution < -0.4 is 10.9 Å². The number of anilines is 1. The van der Waals surface area contributed by atoms with Gasteiger partial charge in [-0.2, -0.15) is 5.10 Å². The standard InChI is InChI=1S/C12H17BrN4O4/c1-4-16(2)9(18)6-14-8-5-15-17(7-10(19)21-3)12(20)11(8)13/h5,14H,4,6-7H2,1-3H3. The molecule has 0 atom stereocenters. The number of aromatic nitrogens is 2. The molecule has 0 unspecified atom stereocenters. The number of rotatable bonds is 6. The molecule has 0 aliphatic carbocycles. The third-order valence-corrected chi connectivity index (χ3v) is 3.59. The van der Waals surface area contributed by atoms with E-state index >= 15 is 0 Å². The smallest absolute Gasteiger partial charge is 0.327 e. The summed E-state index contributed by atoms with van der Waals surface area (Å²) in [6, 6.07) is 0. The lowest BCUT2D eigenvalue weighted by molar-refractivity contribution is -0.141. The van der Waals surface area contributed by atoms with E-state index < -0.39 is 11.5 Å². The zero-order valence-corrected chi connectivity index (χ0v) is 13.6. The molecule has 0 aromatic carbocycles. The van der Waals surface area contributed by atoms with Gasteiger partial charge in [0, 0.05) is 13.6 Å². The summed E-state index contributed by atoms with van der Waals surface area (Å²) in [7, 11) is 2.92. The number of nitrogens with one attached hydrogen (secondary N) is 1. The van der Waals surface area contributed by atoms with Gasteiger partial charge in [-0.25, -0.2) is 4.68 Å². The van der Waals surface area contributed by atoms with E-state index in [1.54, 1.807) is 11.9 Å². The number of amides is 1. The van der Waals surface area contributed by atoms with Gasteiger partial charge in [-0.1, -0.05) is 0 Å². The number of hydrogen-bond donors (Lipinski definition) is 1. The first-order valence-electron chi connectivity index (χ1n) is 6.21. The van der Waals surface area contributed by atoms with Crippen molar-refractivity contribution in [2.24, 2.45) is 0 Å². The number of nitrogens with zero attached hydrogens (tertiary/aromatic N) is 3. The minimum Gasteiger partial charge on any atom is -0.468 e. The second kappa shape index (κ2) is 7.77. The fraction of sp³-hybridized carbons (Fsp3) is 0.500. The van der Waals surface area contributed by atoms with Crippen molar-refractivity contribution in [3.8, 4) is 0 Å². The van der Waals surface area contributed by atoms with Crippen molar-refractivity contribution in [2.45, 2.75) is 13.5 Å². The van der Waals surface area contributed by atoms with E-state index in [9.17, 15) is 14.4 Å². The van der Waals surface area contributed by atoms with Crippen LogP contribution in [0.3, 0.4) is 0 Å². The summed E-state index contributed by atoms with van der Waals surface area (Å²) in [6.07, 6.45) is 1.37. The molecule has 8 nitrogen and oxygen atoms in total. The summed E-state index contributed by atoms with van der Waals surface area (Å²) in [4.78, 5) is 36.4. The van der Waals surface area contributed by atoms with Crippen LogP contribution >= 0.6 is 15.9 Å². The van der Waals surface area contributed by atoms with Gasteiger partial charge in [-0.3, -0.25) is 14.4 Å². The fourth-order valence-electron chi connectivity index (χ4n) is 1.37. The van der Waals surface area contributed by atoms with Crippen LogP contribution in [0.15, 0.2) is 15.5 Å². The molecule has 21 heavy (non-hydrogen) atoms. The number of carbonyl (C=O) groups excluding carboxylic acids is 2. The van der Waals surface area contributed by atoms with E-state index in [0.717, 1.165) is 4.68 Å². The highest BCUT2D eigenvalue weighted by atomic mass is 79.9. The van der Waals surface area contributed by atoms with Gasteiger partial charge >= 0.3 is 5.97 Å². The minimum atomic E-state index is -0.572. The highest BCUT2D eigenvalue weighted by Crippen LogP contribution is 2.15. The summed E-state index contributed by atoms with van der Waals surface area (Å²) in [5.41, 5.74) is -0.0966. The maximum atomic E-state index is 12.0. The van der Waals surface area contributed by atoms with Crippen LogP contribution in [0.25, 0.3) is 0 Å².